The van der Waals surface area contributed by atoms with Gasteiger partial charge >= 0.3 is 0 Å². The number of rotatable bonds is 3. The van der Waals surface area contributed by atoms with Gasteiger partial charge in [-0.1, -0.05) is 17.7 Å². The summed E-state index contributed by atoms with van der Waals surface area (Å²) >= 11 is 6.06. The first kappa shape index (κ1) is 16.1. The molecular weight excluding hydrogens is 310 g/mol. The van der Waals surface area contributed by atoms with Crippen molar-refractivity contribution in [3.8, 4) is 0 Å². The lowest BCUT2D eigenvalue weighted by atomic mass is 9.88. The third kappa shape index (κ3) is 3.42. The van der Waals surface area contributed by atoms with Crippen LogP contribution in [0.2, 0.25) is 5.02 Å². The van der Waals surface area contributed by atoms with Crippen LogP contribution < -0.4 is 0 Å². The van der Waals surface area contributed by atoms with Crippen molar-refractivity contribution in [3.05, 3.63) is 52.3 Å². The average molecular weight is 332 g/mol. The van der Waals surface area contributed by atoms with Gasteiger partial charge in [-0.15, -0.1) is 0 Å². The zero-order valence-electron chi connectivity index (χ0n) is 13.6. The summed E-state index contributed by atoms with van der Waals surface area (Å²) in [5, 5.41) is 4.97. The summed E-state index contributed by atoms with van der Waals surface area (Å²) in [4.78, 5) is 14.7. The number of hydrogen-bond acceptors (Lipinski definition) is 2. The first-order valence-corrected chi connectivity index (χ1v) is 8.54. The molecule has 1 aliphatic rings. The van der Waals surface area contributed by atoms with E-state index in [9.17, 15) is 4.79 Å². The van der Waals surface area contributed by atoms with Gasteiger partial charge in [0.2, 0.25) is 0 Å². The van der Waals surface area contributed by atoms with Gasteiger partial charge in [-0.3, -0.25) is 9.48 Å². The fraction of sp³-hybridized carbons (Fsp3) is 0.444. The molecule has 4 nitrogen and oxygen atoms in total. The molecule has 5 heteroatoms. The molecule has 0 N–H and O–H groups in total. The van der Waals surface area contributed by atoms with E-state index >= 15 is 0 Å². The molecule has 2 aromatic rings. The summed E-state index contributed by atoms with van der Waals surface area (Å²) in [6, 6.07) is 6.05. The van der Waals surface area contributed by atoms with E-state index in [2.05, 4.69) is 18.1 Å². The number of aromatic nitrogens is 2. The number of halogens is 1. The van der Waals surface area contributed by atoms with E-state index in [4.69, 9.17) is 11.6 Å². The zero-order chi connectivity index (χ0) is 16.4. The number of carbonyl (C=O) groups is 1. The number of amides is 1. The molecule has 0 bridgehead atoms. The number of aryl methyl sites for hydroxylation is 2. The number of likely N-dealkylation sites (tertiary alicyclic amines) is 1. The first-order chi connectivity index (χ1) is 11.1. The topological polar surface area (TPSA) is 38.1 Å². The van der Waals surface area contributed by atoms with Crippen LogP contribution in [0, 0.1) is 6.92 Å². The molecule has 122 valence electrons. The fourth-order valence-corrected chi connectivity index (χ4v) is 3.57. The highest BCUT2D eigenvalue weighted by molar-refractivity contribution is 6.30. The molecular formula is C18H22ClN3O. The highest BCUT2D eigenvalue weighted by Gasteiger charge is 2.26. The van der Waals surface area contributed by atoms with E-state index in [1.165, 1.54) is 11.1 Å². The Bertz CT molecular complexity index is 710. The minimum Gasteiger partial charge on any atom is -0.338 e. The number of hydrogen-bond donors (Lipinski definition) is 0. The predicted molar refractivity (Wildman–Crippen MR) is 92.0 cm³/mol. The monoisotopic (exact) mass is 331 g/mol. The van der Waals surface area contributed by atoms with Crippen molar-refractivity contribution in [1.82, 2.24) is 14.7 Å². The van der Waals surface area contributed by atoms with Gasteiger partial charge in [-0.05, 0) is 49.9 Å². The molecule has 1 saturated heterocycles. The molecule has 1 aromatic carbocycles. The van der Waals surface area contributed by atoms with Crippen LogP contribution in [-0.2, 0) is 6.54 Å². The number of nitrogens with zero attached hydrogens (tertiary/aromatic N) is 3. The SMILES string of the molecule is CCn1cc(C(=O)N2CCC[C@@H](c3ccc(Cl)cc3C)C2)cn1. The fourth-order valence-electron chi connectivity index (χ4n) is 3.34. The molecule has 1 amide bonds. The number of benzene rings is 1. The second-order valence-corrected chi connectivity index (χ2v) is 6.61. The van der Waals surface area contributed by atoms with Crippen LogP contribution in [0.5, 0.6) is 0 Å². The molecule has 0 spiro atoms. The minimum absolute atomic E-state index is 0.0843. The summed E-state index contributed by atoms with van der Waals surface area (Å²) in [6.07, 6.45) is 5.64. The molecule has 2 heterocycles. The van der Waals surface area contributed by atoms with Gasteiger partial charge in [0, 0.05) is 36.8 Å². The van der Waals surface area contributed by atoms with Gasteiger partial charge in [-0.2, -0.15) is 5.10 Å². The number of carbonyl (C=O) groups excluding carboxylic acids is 1. The van der Waals surface area contributed by atoms with Gasteiger partial charge in [0.1, 0.15) is 0 Å². The molecule has 1 atom stereocenters. The van der Waals surface area contributed by atoms with Gasteiger partial charge in [0.05, 0.1) is 11.8 Å². The molecule has 0 saturated carbocycles. The van der Waals surface area contributed by atoms with Gasteiger partial charge in [0.15, 0.2) is 0 Å². The quantitative estimate of drug-likeness (QED) is 0.856. The van der Waals surface area contributed by atoms with Crippen molar-refractivity contribution in [3.63, 3.8) is 0 Å². The Labute approximate surface area is 142 Å². The molecule has 0 unspecified atom stereocenters. The predicted octanol–water partition coefficient (Wildman–Crippen LogP) is 3.88. The summed E-state index contributed by atoms with van der Waals surface area (Å²) < 4.78 is 1.79. The van der Waals surface area contributed by atoms with Crippen molar-refractivity contribution < 1.29 is 4.79 Å². The average Bonchev–Trinajstić information content (AvgIpc) is 3.03. The van der Waals surface area contributed by atoms with Crippen LogP contribution in [-0.4, -0.2) is 33.7 Å². The van der Waals surface area contributed by atoms with Crippen LogP contribution in [0.25, 0.3) is 0 Å². The third-order valence-corrected chi connectivity index (χ3v) is 4.82. The minimum atomic E-state index is 0.0843. The Kier molecular flexibility index (Phi) is 4.71. The van der Waals surface area contributed by atoms with Gasteiger partial charge in [-0.25, -0.2) is 0 Å². The van der Waals surface area contributed by atoms with Crippen LogP contribution in [0.15, 0.2) is 30.6 Å². The second kappa shape index (κ2) is 6.75. The van der Waals surface area contributed by atoms with Crippen LogP contribution in [0.4, 0.5) is 0 Å². The van der Waals surface area contributed by atoms with E-state index in [1.54, 1.807) is 10.9 Å². The van der Waals surface area contributed by atoms with E-state index in [1.807, 2.05) is 30.2 Å². The normalized spacial score (nSPS) is 18.2. The third-order valence-electron chi connectivity index (χ3n) is 4.58. The van der Waals surface area contributed by atoms with Crippen LogP contribution >= 0.6 is 11.6 Å². The van der Waals surface area contributed by atoms with Crippen molar-refractivity contribution in [2.24, 2.45) is 0 Å². The van der Waals surface area contributed by atoms with E-state index < -0.39 is 0 Å². The van der Waals surface area contributed by atoms with Crippen molar-refractivity contribution >= 4 is 17.5 Å². The van der Waals surface area contributed by atoms with E-state index in [0.717, 1.165) is 37.5 Å². The van der Waals surface area contributed by atoms with Crippen molar-refractivity contribution in [2.75, 3.05) is 13.1 Å². The first-order valence-electron chi connectivity index (χ1n) is 8.16. The Morgan fingerprint density at radius 1 is 1.43 bits per heavy atom. The molecule has 1 fully saturated rings. The highest BCUT2D eigenvalue weighted by atomic mass is 35.5. The summed E-state index contributed by atoms with van der Waals surface area (Å²) in [7, 11) is 0. The molecule has 0 radical (unpaired) electrons. The maximum Gasteiger partial charge on any atom is 0.257 e. The van der Waals surface area contributed by atoms with Crippen molar-refractivity contribution in [1.29, 1.82) is 0 Å². The Morgan fingerprint density at radius 3 is 2.96 bits per heavy atom. The Hall–Kier alpha value is -1.81. The van der Waals surface area contributed by atoms with Crippen LogP contribution in [0.3, 0.4) is 0 Å². The maximum atomic E-state index is 12.7. The lowest BCUT2D eigenvalue weighted by Crippen LogP contribution is -2.39. The van der Waals surface area contributed by atoms with Gasteiger partial charge < -0.3 is 4.90 Å². The summed E-state index contributed by atoms with van der Waals surface area (Å²) in [6.45, 7) is 6.46. The lowest BCUT2D eigenvalue weighted by Gasteiger charge is -2.33. The Morgan fingerprint density at radius 2 is 2.26 bits per heavy atom. The molecule has 1 aromatic heterocycles. The lowest BCUT2D eigenvalue weighted by molar-refractivity contribution is 0.0707. The number of piperidine rings is 1. The zero-order valence-corrected chi connectivity index (χ0v) is 14.4. The Balaban J connectivity index is 1.76. The molecule has 1 aliphatic heterocycles. The largest absolute Gasteiger partial charge is 0.338 e. The van der Waals surface area contributed by atoms with Crippen molar-refractivity contribution in [2.45, 2.75) is 39.2 Å². The maximum absolute atomic E-state index is 12.7. The van der Waals surface area contributed by atoms with E-state index in [-0.39, 0.29) is 5.91 Å². The summed E-state index contributed by atoms with van der Waals surface area (Å²) in [5.41, 5.74) is 3.19. The standard InChI is InChI=1S/C18H22ClN3O/c1-3-22-12-15(10-20-22)18(23)21-8-4-5-14(11-21)17-7-6-16(19)9-13(17)2/h6-7,9-10,12,14H,3-5,8,11H2,1-2H3/t14-/m1/s1. The smallest absolute Gasteiger partial charge is 0.257 e. The highest BCUT2D eigenvalue weighted by Crippen LogP contribution is 2.31. The summed E-state index contributed by atoms with van der Waals surface area (Å²) in [5.74, 6) is 0.465. The van der Waals surface area contributed by atoms with Crippen LogP contribution in [0.1, 0.15) is 47.2 Å². The molecule has 0 aliphatic carbocycles. The molecule has 3 rings (SSSR count). The van der Waals surface area contributed by atoms with E-state index in [0.29, 0.717) is 11.5 Å². The molecule has 23 heavy (non-hydrogen) atoms. The second-order valence-electron chi connectivity index (χ2n) is 6.18. The van der Waals surface area contributed by atoms with Gasteiger partial charge in [0.25, 0.3) is 5.91 Å².